The molecule has 0 aliphatic heterocycles. The summed E-state index contributed by atoms with van der Waals surface area (Å²) >= 11 is 0. The fraction of sp³-hybridized carbons (Fsp3) is 0.750. The third-order valence-corrected chi connectivity index (χ3v) is 3.30. The van der Waals surface area contributed by atoms with Gasteiger partial charge in [-0.15, -0.1) is 0 Å². The van der Waals surface area contributed by atoms with Gasteiger partial charge in [-0.3, -0.25) is 0 Å². The van der Waals surface area contributed by atoms with Crippen LogP contribution in [0.1, 0.15) is 59.8 Å². The van der Waals surface area contributed by atoms with E-state index in [0.717, 1.165) is 25.7 Å². The maximum atomic E-state index is 12.3. The lowest BCUT2D eigenvalue weighted by Gasteiger charge is -2.30. The van der Waals surface area contributed by atoms with E-state index in [0.29, 0.717) is 5.57 Å². The number of carbonyl (C=O) groups is 2. The van der Waals surface area contributed by atoms with Crippen LogP contribution in [-0.4, -0.2) is 23.6 Å². The molecule has 0 spiro atoms. The quantitative estimate of drug-likeness (QED) is 0.586. The fourth-order valence-electron chi connectivity index (χ4n) is 2.35. The molecule has 1 unspecified atom stereocenters. The van der Waals surface area contributed by atoms with Gasteiger partial charge >= 0.3 is 11.9 Å². The van der Waals surface area contributed by atoms with E-state index in [1.54, 1.807) is 6.92 Å². The molecule has 114 valence electrons. The van der Waals surface area contributed by atoms with Gasteiger partial charge in [-0.05, 0) is 40.5 Å². The Morgan fingerprint density at radius 1 is 1.15 bits per heavy atom. The predicted octanol–water partition coefficient (Wildman–Crippen LogP) is 3.40. The van der Waals surface area contributed by atoms with Crippen LogP contribution >= 0.6 is 0 Å². The molecule has 4 nitrogen and oxygen atoms in total. The largest absolute Gasteiger partial charge is 0.457 e. The van der Waals surface area contributed by atoms with Gasteiger partial charge in [-0.1, -0.05) is 25.8 Å². The summed E-state index contributed by atoms with van der Waals surface area (Å²) in [5.41, 5.74) is -0.283. The SMILES string of the molecule is C=C(C)C(=O)OC(C(=O)OC(C)(C)C)C1CCCCC1. The second-order valence-corrected chi connectivity index (χ2v) is 6.54. The van der Waals surface area contributed by atoms with E-state index in [1.165, 1.54) is 6.42 Å². The maximum absolute atomic E-state index is 12.3. The highest BCUT2D eigenvalue weighted by Crippen LogP contribution is 2.29. The van der Waals surface area contributed by atoms with Gasteiger partial charge in [-0.2, -0.15) is 0 Å². The molecule has 0 N–H and O–H groups in total. The average molecular weight is 282 g/mol. The normalized spacial score (nSPS) is 18.2. The van der Waals surface area contributed by atoms with Crippen molar-refractivity contribution in [2.75, 3.05) is 0 Å². The third-order valence-electron chi connectivity index (χ3n) is 3.30. The number of ether oxygens (including phenoxy) is 2. The smallest absolute Gasteiger partial charge is 0.348 e. The minimum Gasteiger partial charge on any atom is -0.457 e. The summed E-state index contributed by atoms with van der Waals surface area (Å²) in [5.74, 6) is -0.910. The molecule has 20 heavy (non-hydrogen) atoms. The highest BCUT2D eigenvalue weighted by atomic mass is 16.6. The standard InChI is InChI=1S/C16H26O4/c1-11(2)14(17)19-13(12-9-7-6-8-10-12)15(18)20-16(3,4)5/h12-13H,1,6-10H2,2-5H3. The molecule has 1 aliphatic carbocycles. The summed E-state index contributed by atoms with van der Waals surface area (Å²) < 4.78 is 10.7. The number of hydrogen-bond donors (Lipinski definition) is 0. The van der Waals surface area contributed by atoms with Crippen molar-refractivity contribution < 1.29 is 19.1 Å². The van der Waals surface area contributed by atoms with Crippen LogP contribution in [0.3, 0.4) is 0 Å². The van der Waals surface area contributed by atoms with E-state index < -0.39 is 23.6 Å². The first-order chi connectivity index (χ1) is 9.20. The van der Waals surface area contributed by atoms with E-state index in [1.807, 2.05) is 20.8 Å². The minimum absolute atomic E-state index is 0.0573. The summed E-state index contributed by atoms with van der Waals surface area (Å²) in [4.78, 5) is 24.0. The van der Waals surface area contributed by atoms with Crippen molar-refractivity contribution in [2.24, 2.45) is 5.92 Å². The van der Waals surface area contributed by atoms with Crippen molar-refractivity contribution >= 4 is 11.9 Å². The van der Waals surface area contributed by atoms with Crippen LogP contribution in [0.4, 0.5) is 0 Å². The van der Waals surface area contributed by atoms with Crippen molar-refractivity contribution in [2.45, 2.75) is 71.5 Å². The summed E-state index contributed by atoms with van der Waals surface area (Å²) in [6.07, 6.45) is 4.29. The zero-order chi connectivity index (χ0) is 15.3. The van der Waals surface area contributed by atoms with E-state index in [4.69, 9.17) is 9.47 Å². The number of rotatable bonds is 4. The van der Waals surface area contributed by atoms with E-state index in [9.17, 15) is 9.59 Å². The summed E-state index contributed by atoms with van der Waals surface area (Å²) in [5, 5.41) is 0. The molecule has 1 saturated carbocycles. The van der Waals surface area contributed by atoms with E-state index in [2.05, 4.69) is 6.58 Å². The van der Waals surface area contributed by atoms with Crippen molar-refractivity contribution in [1.29, 1.82) is 0 Å². The van der Waals surface area contributed by atoms with Crippen LogP contribution in [0.25, 0.3) is 0 Å². The lowest BCUT2D eigenvalue weighted by Crippen LogP contribution is -2.40. The topological polar surface area (TPSA) is 52.6 Å². The third kappa shape index (κ3) is 5.35. The first-order valence-electron chi connectivity index (χ1n) is 7.30. The van der Waals surface area contributed by atoms with Crippen LogP contribution < -0.4 is 0 Å². The molecule has 0 aromatic rings. The highest BCUT2D eigenvalue weighted by Gasteiger charge is 2.36. The fourth-order valence-corrected chi connectivity index (χ4v) is 2.35. The average Bonchev–Trinajstić information content (AvgIpc) is 2.34. The Kier molecular flexibility index (Phi) is 5.78. The molecule has 1 rings (SSSR count). The minimum atomic E-state index is -0.807. The molecule has 1 aliphatic rings. The van der Waals surface area contributed by atoms with Crippen molar-refractivity contribution in [3.05, 3.63) is 12.2 Å². The monoisotopic (exact) mass is 282 g/mol. The number of hydrogen-bond acceptors (Lipinski definition) is 4. The molecule has 0 aromatic carbocycles. The van der Waals surface area contributed by atoms with E-state index >= 15 is 0 Å². The van der Waals surface area contributed by atoms with E-state index in [-0.39, 0.29) is 5.92 Å². The van der Waals surface area contributed by atoms with Crippen LogP contribution in [0, 0.1) is 5.92 Å². The van der Waals surface area contributed by atoms with Gasteiger partial charge in [0.15, 0.2) is 0 Å². The van der Waals surface area contributed by atoms with Crippen LogP contribution in [0.15, 0.2) is 12.2 Å². The molecule has 0 heterocycles. The summed E-state index contributed by atoms with van der Waals surface area (Å²) in [6.45, 7) is 10.6. The Labute approximate surface area is 121 Å². The molecular formula is C16H26O4. The molecule has 4 heteroatoms. The van der Waals surface area contributed by atoms with Gasteiger partial charge in [0, 0.05) is 11.5 Å². The summed E-state index contributed by atoms with van der Waals surface area (Å²) in [6, 6.07) is 0. The van der Waals surface area contributed by atoms with Gasteiger partial charge in [0.05, 0.1) is 0 Å². The second-order valence-electron chi connectivity index (χ2n) is 6.54. The lowest BCUT2D eigenvalue weighted by molar-refractivity contribution is -0.178. The Balaban J connectivity index is 2.79. The molecular weight excluding hydrogens is 256 g/mol. The molecule has 1 fully saturated rings. The maximum Gasteiger partial charge on any atom is 0.348 e. The van der Waals surface area contributed by atoms with Gasteiger partial charge < -0.3 is 9.47 Å². The first kappa shape index (κ1) is 16.7. The zero-order valence-corrected chi connectivity index (χ0v) is 13.0. The van der Waals surface area contributed by atoms with Gasteiger partial charge in [0.1, 0.15) is 5.60 Å². The Bertz CT molecular complexity index is 372. The molecule has 0 amide bonds. The van der Waals surface area contributed by atoms with Crippen LogP contribution in [-0.2, 0) is 19.1 Å². The molecule has 0 radical (unpaired) electrons. The number of carbonyl (C=O) groups excluding carboxylic acids is 2. The van der Waals surface area contributed by atoms with Gasteiger partial charge in [0.25, 0.3) is 0 Å². The molecule has 0 bridgehead atoms. The van der Waals surface area contributed by atoms with Crippen molar-refractivity contribution in [1.82, 2.24) is 0 Å². The van der Waals surface area contributed by atoms with Crippen LogP contribution in [0.5, 0.6) is 0 Å². The zero-order valence-electron chi connectivity index (χ0n) is 13.0. The number of esters is 2. The predicted molar refractivity (Wildman–Crippen MR) is 77.1 cm³/mol. The highest BCUT2D eigenvalue weighted by molar-refractivity contribution is 5.89. The Morgan fingerprint density at radius 2 is 1.70 bits per heavy atom. The molecule has 1 atom stereocenters. The van der Waals surface area contributed by atoms with Gasteiger partial charge in [-0.25, -0.2) is 9.59 Å². The van der Waals surface area contributed by atoms with Crippen molar-refractivity contribution in [3.63, 3.8) is 0 Å². The molecule has 0 saturated heterocycles. The van der Waals surface area contributed by atoms with Crippen LogP contribution in [0.2, 0.25) is 0 Å². The first-order valence-corrected chi connectivity index (χ1v) is 7.30. The van der Waals surface area contributed by atoms with Crippen molar-refractivity contribution in [3.8, 4) is 0 Å². The Morgan fingerprint density at radius 3 is 2.15 bits per heavy atom. The summed E-state index contributed by atoms with van der Waals surface area (Å²) in [7, 11) is 0. The molecule has 0 aromatic heterocycles. The second kappa shape index (κ2) is 6.91. The Hall–Kier alpha value is -1.32. The lowest BCUT2D eigenvalue weighted by atomic mass is 9.85. The van der Waals surface area contributed by atoms with Gasteiger partial charge in [0.2, 0.25) is 6.10 Å².